The van der Waals surface area contributed by atoms with E-state index in [0.717, 1.165) is 5.57 Å². The first-order valence-electron chi connectivity index (χ1n) is 7.44. The molecule has 1 amide bonds. The van der Waals surface area contributed by atoms with Gasteiger partial charge in [0.15, 0.2) is 0 Å². The summed E-state index contributed by atoms with van der Waals surface area (Å²) in [5, 5.41) is 2.72. The van der Waals surface area contributed by atoms with Crippen molar-refractivity contribution in [1.29, 1.82) is 0 Å². The van der Waals surface area contributed by atoms with E-state index in [4.69, 9.17) is 4.74 Å². The second-order valence-corrected chi connectivity index (χ2v) is 5.14. The molecule has 126 valence electrons. The number of ether oxygens (including phenoxy) is 1. The number of allylic oxidation sites excluding steroid dienone is 2. The molecule has 0 aliphatic heterocycles. The molecule has 1 N–H and O–H groups in total. The van der Waals surface area contributed by atoms with Gasteiger partial charge in [-0.25, -0.2) is 4.79 Å². The van der Waals surface area contributed by atoms with E-state index in [2.05, 4.69) is 16.9 Å². The average molecular weight is 326 g/mol. The van der Waals surface area contributed by atoms with Gasteiger partial charge in [-0.05, 0) is 50.3 Å². The van der Waals surface area contributed by atoms with Crippen molar-refractivity contribution in [3.8, 4) is 0 Å². The minimum Gasteiger partial charge on any atom is -0.458 e. The summed E-state index contributed by atoms with van der Waals surface area (Å²) in [6, 6.07) is 6.49. The van der Waals surface area contributed by atoms with Gasteiger partial charge in [-0.2, -0.15) is 0 Å². The Hall–Kier alpha value is -2.95. The van der Waals surface area contributed by atoms with Gasteiger partial charge in [0.2, 0.25) is 0 Å². The lowest BCUT2D eigenvalue weighted by molar-refractivity contribution is -0.112. The number of nitrogens with zero attached hydrogens (tertiary/aromatic N) is 1. The van der Waals surface area contributed by atoms with Crippen molar-refractivity contribution in [2.45, 2.75) is 13.8 Å². The molecular weight excluding hydrogens is 304 g/mol. The molecule has 0 aliphatic carbocycles. The molecule has 0 bridgehead atoms. The Morgan fingerprint density at radius 3 is 2.46 bits per heavy atom. The Bertz CT molecular complexity index is 679. The lowest BCUT2D eigenvalue weighted by Gasteiger charge is -2.07. The second-order valence-electron chi connectivity index (χ2n) is 5.14. The van der Waals surface area contributed by atoms with E-state index in [1.807, 2.05) is 19.9 Å². The number of nitrogens with one attached hydrogen (secondary N) is 1. The van der Waals surface area contributed by atoms with Gasteiger partial charge in [-0.15, -0.1) is 0 Å². The number of anilines is 1. The maximum atomic E-state index is 12.1. The Labute approximate surface area is 142 Å². The van der Waals surface area contributed by atoms with E-state index < -0.39 is 5.97 Å². The number of rotatable bonds is 7. The van der Waals surface area contributed by atoms with Gasteiger partial charge in [0.25, 0.3) is 5.91 Å². The Morgan fingerprint density at radius 1 is 1.25 bits per heavy atom. The van der Waals surface area contributed by atoms with Crippen molar-refractivity contribution < 1.29 is 14.3 Å². The topological polar surface area (TPSA) is 67.8 Å². The predicted molar refractivity (Wildman–Crippen MR) is 97.5 cm³/mol. The van der Waals surface area contributed by atoms with Crippen LogP contribution in [0.15, 0.2) is 65.2 Å². The summed E-state index contributed by atoms with van der Waals surface area (Å²) in [5.74, 6) is -0.708. The van der Waals surface area contributed by atoms with Crippen LogP contribution in [0, 0.1) is 0 Å². The van der Waals surface area contributed by atoms with Crippen LogP contribution >= 0.6 is 0 Å². The zero-order chi connectivity index (χ0) is 17.9. The summed E-state index contributed by atoms with van der Waals surface area (Å²) >= 11 is 0. The number of carbonyl (C=O) groups excluding carboxylic acids is 2. The normalized spacial score (nSPS) is 11.0. The fourth-order valence-electron chi connectivity index (χ4n) is 1.65. The van der Waals surface area contributed by atoms with Crippen LogP contribution < -0.4 is 5.32 Å². The highest BCUT2D eigenvalue weighted by molar-refractivity contribution is 6.08. The summed E-state index contributed by atoms with van der Waals surface area (Å²) < 4.78 is 5.12. The minimum absolute atomic E-state index is 0.242. The van der Waals surface area contributed by atoms with Crippen molar-refractivity contribution in [3.05, 3.63) is 65.8 Å². The molecular formula is C19H22N2O3. The SMILES string of the molecule is C=C/C(=C\C=NC)C(=O)Nc1ccc(C(=O)OCC=C(C)C)cc1. The quantitative estimate of drug-likeness (QED) is 0.274. The molecule has 1 rings (SSSR count). The monoisotopic (exact) mass is 326 g/mol. The molecule has 0 atom stereocenters. The van der Waals surface area contributed by atoms with Crippen molar-refractivity contribution in [2.75, 3.05) is 19.0 Å². The molecule has 1 aromatic carbocycles. The standard InChI is InChI=1S/C19H22N2O3/c1-5-15(10-12-20-4)18(22)21-17-8-6-16(7-9-17)19(23)24-13-11-14(2)3/h5-12H,1,13H2,2-4H3,(H,21,22)/b15-10+,20-12?. The van der Waals surface area contributed by atoms with E-state index >= 15 is 0 Å². The lowest BCUT2D eigenvalue weighted by atomic mass is 10.2. The van der Waals surface area contributed by atoms with Gasteiger partial charge in [-0.3, -0.25) is 9.79 Å². The van der Waals surface area contributed by atoms with Crippen molar-refractivity contribution in [1.82, 2.24) is 0 Å². The van der Waals surface area contributed by atoms with Gasteiger partial charge in [0, 0.05) is 24.5 Å². The molecule has 0 heterocycles. The van der Waals surface area contributed by atoms with E-state index in [0.29, 0.717) is 16.8 Å². The molecule has 24 heavy (non-hydrogen) atoms. The molecule has 1 aromatic rings. The van der Waals surface area contributed by atoms with E-state index in [1.165, 1.54) is 12.3 Å². The molecule has 0 saturated heterocycles. The number of amides is 1. The Balaban J connectivity index is 2.70. The number of hydrogen-bond acceptors (Lipinski definition) is 4. The van der Waals surface area contributed by atoms with Crippen LogP contribution in [0.2, 0.25) is 0 Å². The summed E-state index contributed by atoms with van der Waals surface area (Å²) in [7, 11) is 1.62. The van der Waals surface area contributed by atoms with Crippen LogP contribution in [-0.2, 0) is 9.53 Å². The average Bonchev–Trinajstić information content (AvgIpc) is 2.55. The van der Waals surface area contributed by atoms with Crippen LogP contribution in [0.4, 0.5) is 5.69 Å². The van der Waals surface area contributed by atoms with Crippen LogP contribution in [0.1, 0.15) is 24.2 Å². The smallest absolute Gasteiger partial charge is 0.338 e. The third-order valence-electron chi connectivity index (χ3n) is 2.97. The largest absolute Gasteiger partial charge is 0.458 e. The summed E-state index contributed by atoms with van der Waals surface area (Å²) in [6.45, 7) is 7.71. The third-order valence-corrected chi connectivity index (χ3v) is 2.97. The molecule has 0 saturated carbocycles. The summed E-state index contributed by atoms with van der Waals surface area (Å²) in [6.07, 6.45) is 6.36. The summed E-state index contributed by atoms with van der Waals surface area (Å²) in [4.78, 5) is 27.7. The molecule has 0 fully saturated rings. The molecule has 0 radical (unpaired) electrons. The fourth-order valence-corrected chi connectivity index (χ4v) is 1.65. The zero-order valence-electron chi connectivity index (χ0n) is 14.2. The van der Waals surface area contributed by atoms with Gasteiger partial charge in [-0.1, -0.05) is 18.2 Å². The number of carbonyl (C=O) groups is 2. The summed E-state index contributed by atoms with van der Waals surface area (Å²) in [5.41, 5.74) is 2.47. The molecule has 0 aliphatic rings. The predicted octanol–water partition coefficient (Wildman–Crippen LogP) is 3.56. The molecule has 5 nitrogen and oxygen atoms in total. The molecule has 0 aromatic heterocycles. The third kappa shape index (κ3) is 6.44. The van der Waals surface area contributed by atoms with Crippen molar-refractivity contribution in [2.24, 2.45) is 4.99 Å². The number of esters is 1. The van der Waals surface area contributed by atoms with Crippen LogP contribution in [0.25, 0.3) is 0 Å². The zero-order valence-corrected chi connectivity index (χ0v) is 14.2. The first-order chi connectivity index (χ1) is 11.5. The van der Waals surface area contributed by atoms with Crippen LogP contribution in [-0.4, -0.2) is 31.7 Å². The molecule has 0 spiro atoms. The fraction of sp³-hybridized carbons (Fsp3) is 0.211. The number of benzene rings is 1. The van der Waals surface area contributed by atoms with Gasteiger partial charge in [0.05, 0.1) is 5.56 Å². The first kappa shape index (κ1) is 19.1. The van der Waals surface area contributed by atoms with Gasteiger partial charge >= 0.3 is 5.97 Å². The van der Waals surface area contributed by atoms with Gasteiger partial charge < -0.3 is 10.1 Å². The number of aliphatic imine (C=N–C) groups is 1. The van der Waals surface area contributed by atoms with Crippen LogP contribution in [0.3, 0.4) is 0 Å². The maximum absolute atomic E-state index is 12.1. The highest BCUT2D eigenvalue weighted by atomic mass is 16.5. The maximum Gasteiger partial charge on any atom is 0.338 e. The van der Waals surface area contributed by atoms with Gasteiger partial charge in [0.1, 0.15) is 6.61 Å². The lowest BCUT2D eigenvalue weighted by Crippen LogP contribution is -2.13. The van der Waals surface area contributed by atoms with E-state index in [-0.39, 0.29) is 12.5 Å². The molecule has 5 heteroatoms. The van der Waals surface area contributed by atoms with Crippen molar-refractivity contribution in [3.63, 3.8) is 0 Å². The van der Waals surface area contributed by atoms with E-state index in [9.17, 15) is 9.59 Å². The highest BCUT2D eigenvalue weighted by Gasteiger charge is 2.09. The van der Waals surface area contributed by atoms with E-state index in [1.54, 1.807) is 37.4 Å². The molecule has 0 unspecified atom stereocenters. The van der Waals surface area contributed by atoms with Crippen molar-refractivity contribution >= 4 is 23.8 Å². The van der Waals surface area contributed by atoms with Crippen LogP contribution in [0.5, 0.6) is 0 Å². The Morgan fingerprint density at radius 2 is 1.92 bits per heavy atom. The number of hydrogen-bond donors (Lipinski definition) is 1. The second kappa shape index (κ2) is 9.94. The highest BCUT2D eigenvalue weighted by Crippen LogP contribution is 2.12. The Kier molecular flexibility index (Phi) is 7.91. The first-order valence-corrected chi connectivity index (χ1v) is 7.44. The minimum atomic E-state index is -0.406.